The molecule has 1 aliphatic rings. The number of thiophene rings is 1. The predicted molar refractivity (Wildman–Crippen MR) is 130 cm³/mol. The molecule has 0 saturated carbocycles. The number of nitrogens with two attached hydrogens (primary N) is 1. The molecular weight excluding hydrogens is 440 g/mol. The van der Waals surface area contributed by atoms with Crippen molar-refractivity contribution in [1.29, 1.82) is 0 Å². The number of anilines is 2. The van der Waals surface area contributed by atoms with Crippen molar-refractivity contribution in [1.82, 2.24) is 9.55 Å². The van der Waals surface area contributed by atoms with E-state index < -0.39 is 11.2 Å². The molecule has 174 valence electrons. The van der Waals surface area contributed by atoms with Crippen molar-refractivity contribution in [3.8, 4) is 0 Å². The van der Waals surface area contributed by atoms with Crippen LogP contribution in [0.4, 0.5) is 11.5 Å². The molecule has 3 N–H and O–H groups in total. The van der Waals surface area contributed by atoms with E-state index in [-0.39, 0.29) is 37.1 Å². The standard InChI is InChI=1S/C24H28N4O4S/c1-15-8-9-18-17(12-15)13-19(33-18)23(30)27(10-11-32-2)20-21(25)28(24(31)26-22(20)29)14-16-6-4-3-5-7-16/h3-7,13,15H,8-12,14,25H2,1-2H3,(H,26,29,31). The van der Waals surface area contributed by atoms with Crippen molar-refractivity contribution >= 4 is 28.7 Å². The van der Waals surface area contributed by atoms with Crippen LogP contribution in [0.1, 0.15) is 39.0 Å². The van der Waals surface area contributed by atoms with Gasteiger partial charge in [0.15, 0.2) is 5.69 Å². The van der Waals surface area contributed by atoms with Crippen molar-refractivity contribution in [2.45, 2.75) is 32.7 Å². The van der Waals surface area contributed by atoms with Crippen LogP contribution < -0.4 is 21.9 Å². The Hall–Kier alpha value is -3.17. The molecule has 1 aliphatic carbocycles. The van der Waals surface area contributed by atoms with Gasteiger partial charge >= 0.3 is 5.69 Å². The Bertz CT molecular complexity index is 1260. The summed E-state index contributed by atoms with van der Waals surface area (Å²) >= 11 is 1.47. The second-order valence-corrected chi connectivity index (χ2v) is 9.56. The van der Waals surface area contributed by atoms with Crippen molar-refractivity contribution < 1.29 is 9.53 Å². The molecule has 0 radical (unpaired) electrons. The third kappa shape index (κ3) is 4.79. The van der Waals surface area contributed by atoms with Crippen LogP contribution in [0.3, 0.4) is 0 Å². The maximum Gasteiger partial charge on any atom is 0.330 e. The lowest BCUT2D eigenvalue weighted by atomic mass is 9.90. The van der Waals surface area contributed by atoms with Crippen molar-refractivity contribution in [3.63, 3.8) is 0 Å². The summed E-state index contributed by atoms with van der Waals surface area (Å²) in [6, 6.07) is 11.2. The number of nitrogens with one attached hydrogen (secondary N) is 1. The van der Waals surface area contributed by atoms with Gasteiger partial charge in [0.25, 0.3) is 11.5 Å². The molecule has 0 bridgehead atoms. The fourth-order valence-corrected chi connectivity index (χ4v) is 5.36. The minimum atomic E-state index is -0.693. The first-order chi connectivity index (χ1) is 15.9. The molecule has 0 fully saturated rings. The van der Waals surface area contributed by atoms with Crippen LogP contribution in [-0.2, 0) is 24.1 Å². The highest BCUT2D eigenvalue weighted by Gasteiger charge is 2.28. The van der Waals surface area contributed by atoms with Crippen molar-refractivity contribution in [2.24, 2.45) is 5.92 Å². The Morgan fingerprint density at radius 2 is 2.06 bits per heavy atom. The zero-order valence-electron chi connectivity index (χ0n) is 18.8. The number of ether oxygens (including phenoxy) is 1. The number of rotatable bonds is 7. The van der Waals surface area contributed by atoms with Crippen LogP contribution in [0.25, 0.3) is 0 Å². The molecule has 1 amide bonds. The normalized spacial score (nSPS) is 15.3. The lowest BCUT2D eigenvalue weighted by Crippen LogP contribution is -2.42. The molecule has 2 heterocycles. The summed E-state index contributed by atoms with van der Waals surface area (Å²) in [4.78, 5) is 44.5. The number of nitrogens with zero attached hydrogens (tertiary/aromatic N) is 2. The van der Waals surface area contributed by atoms with E-state index in [2.05, 4.69) is 11.9 Å². The SMILES string of the molecule is COCCN(C(=O)c1cc2c(s1)CCC(C)C2)c1c(N)n(Cc2ccccc2)c(=O)[nH]c1=O. The summed E-state index contributed by atoms with van der Waals surface area (Å²) in [6.45, 7) is 2.73. The highest BCUT2D eigenvalue weighted by atomic mass is 32.1. The number of hydrogen-bond acceptors (Lipinski definition) is 6. The number of methoxy groups -OCH3 is 1. The average Bonchev–Trinajstić information content (AvgIpc) is 3.22. The highest BCUT2D eigenvalue weighted by molar-refractivity contribution is 7.14. The zero-order chi connectivity index (χ0) is 23.5. The molecule has 4 rings (SSSR count). The van der Waals surface area contributed by atoms with Crippen LogP contribution in [0.2, 0.25) is 0 Å². The lowest BCUT2D eigenvalue weighted by Gasteiger charge is -2.24. The smallest absolute Gasteiger partial charge is 0.330 e. The fourth-order valence-electron chi connectivity index (χ4n) is 4.20. The molecule has 2 aromatic heterocycles. The maximum absolute atomic E-state index is 13.6. The van der Waals surface area contributed by atoms with Crippen LogP contribution in [-0.4, -0.2) is 35.7 Å². The quantitative estimate of drug-likeness (QED) is 0.554. The minimum Gasteiger partial charge on any atom is -0.383 e. The van der Waals surface area contributed by atoms with E-state index in [9.17, 15) is 14.4 Å². The zero-order valence-corrected chi connectivity index (χ0v) is 19.6. The number of aromatic nitrogens is 2. The number of benzene rings is 1. The number of fused-ring (bicyclic) bond motifs is 1. The summed E-state index contributed by atoms with van der Waals surface area (Å²) in [5, 5.41) is 0. The Kier molecular flexibility index (Phi) is 6.80. The number of H-pyrrole nitrogens is 1. The molecule has 3 aromatic rings. The lowest BCUT2D eigenvalue weighted by molar-refractivity contribution is 0.0979. The fraction of sp³-hybridized carbons (Fsp3) is 0.375. The number of nitrogen functional groups attached to an aromatic ring is 1. The monoisotopic (exact) mass is 468 g/mol. The van der Waals surface area contributed by atoms with Gasteiger partial charge in [-0.1, -0.05) is 37.3 Å². The van der Waals surface area contributed by atoms with Gasteiger partial charge < -0.3 is 10.5 Å². The van der Waals surface area contributed by atoms with Gasteiger partial charge in [0.2, 0.25) is 0 Å². The summed E-state index contributed by atoms with van der Waals surface area (Å²) in [5.41, 5.74) is 7.05. The number of carbonyl (C=O) groups excluding carboxylic acids is 1. The Morgan fingerprint density at radius 3 is 2.79 bits per heavy atom. The van der Waals surface area contributed by atoms with Crippen molar-refractivity contribution in [3.05, 3.63) is 78.1 Å². The van der Waals surface area contributed by atoms with E-state index in [4.69, 9.17) is 10.5 Å². The predicted octanol–water partition coefficient (Wildman–Crippen LogP) is 2.65. The van der Waals surface area contributed by atoms with E-state index in [1.54, 1.807) is 0 Å². The molecule has 8 nitrogen and oxygen atoms in total. The van der Waals surface area contributed by atoms with Gasteiger partial charge in [0.05, 0.1) is 18.0 Å². The first kappa shape index (κ1) is 23.0. The first-order valence-electron chi connectivity index (χ1n) is 11.0. The summed E-state index contributed by atoms with van der Waals surface area (Å²) < 4.78 is 6.47. The molecule has 0 saturated heterocycles. The molecule has 0 spiro atoms. The van der Waals surface area contributed by atoms with Gasteiger partial charge in [-0.25, -0.2) is 4.79 Å². The van der Waals surface area contributed by atoms with Gasteiger partial charge in [0.1, 0.15) is 5.82 Å². The Balaban J connectivity index is 1.75. The van der Waals surface area contributed by atoms with E-state index in [1.165, 1.54) is 38.4 Å². The first-order valence-corrected chi connectivity index (χ1v) is 11.8. The van der Waals surface area contributed by atoms with Crippen LogP contribution in [0, 0.1) is 5.92 Å². The molecule has 9 heteroatoms. The minimum absolute atomic E-state index is 0.0349. The van der Waals surface area contributed by atoms with Gasteiger partial charge in [-0.2, -0.15) is 0 Å². The van der Waals surface area contributed by atoms with E-state index in [0.717, 1.165) is 24.8 Å². The summed E-state index contributed by atoms with van der Waals surface area (Å²) in [7, 11) is 1.53. The third-order valence-corrected chi connectivity index (χ3v) is 7.20. The average molecular weight is 469 g/mol. The van der Waals surface area contributed by atoms with Crippen LogP contribution in [0.15, 0.2) is 46.0 Å². The van der Waals surface area contributed by atoms with Crippen LogP contribution in [0.5, 0.6) is 0 Å². The number of amides is 1. The van der Waals surface area contributed by atoms with Crippen molar-refractivity contribution in [2.75, 3.05) is 30.9 Å². The number of aryl methyl sites for hydroxylation is 1. The molecule has 1 aromatic carbocycles. The second-order valence-electron chi connectivity index (χ2n) is 8.42. The number of hydrogen-bond donors (Lipinski definition) is 2. The molecule has 33 heavy (non-hydrogen) atoms. The molecule has 1 atom stereocenters. The Morgan fingerprint density at radius 1 is 1.30 bits per heavy atom. The summed E-state index contributed by atoms with van der Waals surface area (Å²) in [6.07, 6.45) is 3.00. The van der Waals surface area contributed by atoms with Crippen LogP contribution >= 0.6 is 11.3 Å². The topological polar surface area (TPSA) is 110 Å². The third-order valence-electron chi connectivity index (χ3n) is 5.97. The van der Waals surface area contributed by atoms with E-state index >= 15 is 0 Å². The van der Waals surface area contributed by atoms with Gasteiger partial charge in [-0.3, -0.25) is 24.0 Å². The van der Waals surface area contributed by atoms with E-state index in [0.29, 0.717) is 10.8 Å². The van der Waals surface area contributed by atoms with Gasteiger partial charge in [-0.05, 0) is 42.4 Å². The van der Waals surface area contributed by atoms with Gasteiger partial charge in [0, 0.05) is 18.5 Å². The highest BCUT2D eigenvalue weighted by Crippen LogP contribution is 2.33. The molecular formula is C24H28N4O4S. The number of aromatic amines is 1. The molecule has 0 aliphatic heterocycles. The Labute approximate surface area is 195 Å². The summed E-state index contributed by atoms with van der Waals surface area (Å²) in [5.74, 6) is 0.216. The maximum atomic E-state index is 13.6. The van der Waals surface area contributed by atoms with E-state index in [1.807, 2.05) is 36.4 Å². The second kappa shape index (κ2) is 9.76. The molecule has 1 unspecified atom stereocenters. The largest absolute Gasteiger partial charge is 0.383 e. The number of carbonyl (C=O) groups is 1. The van der Waals surface area contributed by atoms with Gasteiger partial charge in [-0.15, -0.1) is 11.3 Å².